The number of carbonyl (C=O) groups is 1. The maximum atomic E-state index is 12.3. The largest absolute Gasteiger partial charge is 0.442 e. The zero-order valence-electron chi connectivity index (χ0n) is 21.3. The van der Waals surface area contributed by atoms with Gasteiger partial charge in [0.2, 0.25) is 0 Å². The molecule has 1 atom stereocenters. The summed E-state index contributed by atoms with van der Waals surface area (Å²) in [6.45, 7) is 9.17. The highest BCUT2D eigenvalue weighted by Crippen LogP contribution is 2.25. The molecular formula is C26H53NO2S. The molecule has 0 spiro atoms. The van der Waals surface area contributed by atoms with Gasteiger partial charge in [-0.2, -0.15) is 11.8 Å². The summed E-state index contributed by atoms with van der Waals surface area (Å²) in [6.07, 6.45) is 23.8. The Bertz CT molecular complexity index is 400. The third kappa shape index (κ3) is 16.3. The summed E-state index contributed by atoms with van der Waals surface area (Å²) in [5, 5.41) is 0.283. The molecule has 0 aromatic carbocycles. The molecule has 0 aromatic rings. The summed E-state index contributed by atoms with van der Waals surface area (Å²) in [4.78, 5) is 14.0. The molecular weight excluding hydrogens is 390 g/mol. The van der Waals surface area contributed by atoms with Gasteiger partial charge in [-0.05, 0) is 33.4 Å². The summed E-state index contributed by atoms with van der Waals surface area (Å²) < 4.78 is 5.70. The Hall–Kier alpha value is -0.380. The van der Waals surface area contributed by atoms with Crippen LogP contribution < -0.4 is 0 Å². The Morgan fingerprint density at radius 1 is 0.800 bits per heavy atom. The van der Waals surface area contributed by atoms with E-state index < -0.39 is 5.60 Å². The first-order chi connectivity index (χ1) is 14.3. The lowest BCUT2D eigenvalue weighted by atomic mass is 10.0. The molecule has 0 aromatic heterocycles. The monoisotopic (exact) mass is 443 g/mol. The normalized spacial score (nSPS) is 12.7. The van der Waals surface area contributed by atoms with Gasteiger partial charge in [-0.1, -0.05) is 103 Å². The van der Waals surface area contributed by atoms with E-state index in [1.165, 1.54) is 96.3 Å². The van der Waals surface area contributed by atoms with Crippen molar-refractivity contribution < 1.29 is 9.53 Å². The SMILES string of the molecule is CCCCCCCCCCCCCCCCCCN(C)C(=O)OC(C)(C)C(C)SC. The standard InChI is InChI=1S/C26H53NO2S/c1-7-8-9-10-11-12-13-14-15-16-17-18-19-20-21-22-23-27(5)25(28)29-26(3,4)24(2)30-6/h24H,7-23H2,1-6H3. The maximum Gasteiger partial charge on any atom is 0.410 e. The van der Waals surface area contributed by atoms with Crippen molar-refractivity contribution in [3.63, 3.8) is 0 Å². The van der Waals surface area contributed by atoms with E-state index in [1.54, 1.807) is 16.7 Å². The Kier molecular flexibility index (Phi) is 19.1. The summed E-state index contributed by atoms with van der Waals surface area (Å²) >= 11 is 1.73. The number of amides is 1. The van der Waals surface area contributed by atoms with Crippen LogP contribution in [0.15, 0.2) is 0 Å². The zero-order chi connectivity index (χ0) is 22.7. The molecule has 4 heteroatoms. The van der Waals surface area contributed by atoms with Crippen molar-refractivity contribution in [1.82, 2.24) is 4.90 Å². The fourth-order valence-electron chi connectivity index (χ4n) is 3.66. The van der Waals surface area contributed by atoms with Crippen LogP contribution in [0.25, 0.3) is 0 Å². The molecule has 180 valence electrons. The number of nitrogens with zero attached hydrogens (tertiary/aromatic N) is 1. The van der Waals surface area contributed by atoms with E-state index in [0.717, 1.165) is 13.0 Å². The molecule has 3 nitrogen and oxygen atoms in total. The van der Waals surface area contributed by atoms with Crippen LogP contribution in [-0.4, -0.2) is 41.7 Å². The minimum atomic E-state index is -0.431. The van der Waals surface area contributed by atoms with Crippen LogP contribution in [0.3, 0.4) is 0 Å². The Morgan fingerprint density at radius 3 is 1.53 bits per heavy atom. The van der Waals surface area contributed by atoms with Crippen LogP contribution in [-0.2, 0) is 4.74 Å². The van der Waals surface area contributed by atoms with E-state index in [2.05, 4.69) is 20.1 Å². The molecule has 30 heavy (non-hydrogen) atoms. The fourth-order valence-corrected chi connectivity index (χ4v) is 4.27. The van der Waals surface area contributed by atoms with E-state index in [0.29, 0.717) is 0 Å². The molecule has 0 heterocycles. The van der Waals surface area contributed by atoms with Crippen molar-refractivity contribution in [2.75, 3.05) is 19.8 Å². The van der Waals surface area contributed by atoms with Gasteiger partial charge in [-0.3, -0.25) is 0 Å². The van der Waals surface area contributed by atoms with Crippen LogP contribution in [0.4, 0.5) is 4.79 Å². The molecule has 0 fully saturated rings. The quantitative estimate of drug-likeness (QED) is 0.176. The molecule has 0 saturated carbocycles. The first-order valence-electron chi connectivity index (χ1n) is 12.8. The van der Waals surface area contributed by atoms with E-state index in [-0.39, 0.29) is 11.3 Å². The molecule has 0 rings (SSSR count). The Morgan fingerprint density at radius 2 is 1.17 bits per heavy atom. The van der Waals surface area contributed by atoms with Gasteiger partial charge in [0.05, 0.1) is 0 Å². The van der Waals surface area contributed by atoms with Gasteiger partial charge < -0.3 is 9.64 Å². The third-order valence-corrected chi connectivity index (χ3v) is 7.62. The highest BCUT2D eigenvalue weighted by atomic mass is 32.2. The van der Waals surface area contributed by atoms with E-state index in [9.17, 15) is 4.79 Å². The van der Waals surface area contributed by atoms with Gasteiger partial charge in [0.25, 0.3) is 0 Å². The molecule has 0 bridgehead atoms. The van der Waals surface area contributed by atoms with Gasteiger partial charge in [0.15, 0.2) is 0 Å². The Balaban J connectivity index is 3.46. The van der Waals surface area contributed by atoms with Crippen molar-refractivity contribution in [3.8, 4) is 0 Å². The summed E-state index contributed by atoms with van der Waals surface area (Å²) in [5.41, 5.74) is -0.431. The minimum Gasteiger partial charge on any atom is -0.442 e. The molecule has 0 radical (unpaired) electrons. The molecule has 0 aliphatic carbocycles. The smallest absolute Gasteiger partial charge is 0.410 e. The molecule has 1 amide bonds. The van der Waals surface area contributed by atoms with Gasteiger partial charge in [-0.25, -0.2) is 4.79 Å². The predicted molar refractivity (Wildman–Crippen MR) is 136 cm³/mol. The fraction of sp³-hybridized carbons (Fsp3) is 0.962. The average molecular weight is 444 g/mol. The summed E-state index contributed by atoms with van der Waals surface area (Å²) in [7, 11) is 1.85. The highest BCUT2D eigenvalue weighted by molar-refractivity contribution is 7.99. The lowest BCUT2D eigenvalue weighted by Crippen LogP contribution is -2.41. The highest BCUT2D eigenvalue weighted by Gasteiger charge is 2.30. The zero-order valence-corrected chi connectivity index (χ0v) is 22.1. The number of thioether (sulfide) groups is 1. The van der Waals surface area contributed by atoms with Gasteiger partial charge in [0, 0.05) is 18.8 Å². The number of hydrogen-bond acceptors (Lipinski definition) is 3. The van der Waals surface area contributed by atoms with Crippen LogP contribution in [0, 0.1) is 0 Å². The first kappa shape index (κ1) is 29.6. The third-order valence-electron chi connectivity index (χ3n) is 6.34. The molecule has 0 saturated heterocycles. The summed E-state index contributed by atoms with van der Waals surface area (Å²) in [5.74, 6) is 0. The predicted octanol–water partition coefficient (Wildman–Crippen LogP) is 8.85. The number of rotatable bonds is 20. The van der Waals surface area contributed by atoms with Crippen molar-refractivity contribution in [2.45, 2.75) is 141 Å². The van der Waals surface area contributed by atoms with Crippen LogP contribution >= 0.6 is 11.8 Å². The second-order valence-corrected chi connectivity index (χ2v) is 10.8. The molecule has 0 aliphatic rings. The first-order valence-corrected chi connectivity index (χ1v) is 14.1. The number of hydrogen-bond donors (Lipinski definition) is 0. The topological polar surface area (TPSA) is 29.5 Å². The molecule has 1 unspecified atom stereocenters. The van der Waals surface area contributed by atoms with Crippen molar-refractivity contribution in [3.05, 3.63) is 0 Å². The van der Waals surface area contributed by atoms with Crippen LogP contribution in [0.1, 0.15) is 130 Å². The molecule has 0 aliphatic heterocycles. The van der Waals surface area contributed by atoms with Crippen molar-refractivity contribution in [2.24, 2.45) is 0 Å². The number of unbranched alkanes of at least 4 members (excludes halogenated alkanes) is 15. The van der Waals surface area contributed by atoms with E-state index >= 15 is 0 Å². The lowest BCUT2D eigenvalue weighted by Gasteiger charge is -2.32. The van der Waals surface area contributed by atoms with E-state index in [1.807, 2.05) is 20.9 Å². The minimum absolute atomic E-state index is 0.193. The van der Waals surface area contributed by atoms with Crippen molar-refractivity contribution in [1.29, 1.82) is 0 Å². The van der Waals surface area contributed by atoms with E-state index in [4.69, 9.17) is 4.74 Å². The van der Waals surface area contributed by atoms with Crippen molar-refractivity contribution >= 4 is 17.9 Å². The summed E-state index contributed by atoms with van der Waals surface area (Å²) in [6, 6.07) is 0. The van der Waals surface area contributed by atoms with Crippen LogP contribution in [0.5, 0.6) is 0 Å². The lowest BCUT2D eigenvalue weighted by molar-refractivity contribution is 0.0191. The number of ether oxygens (including phenoxy) is 1. The van der Waals surface area contributed by atoms with Gasteiger partial charge >= 0.3 is 6.09 Å². The van der Waals surface area contributed by atoms with Crippen LogP contribution in [0.2, 0.25) is 0 Å². The van der Waals surface area contributed by atoms with Gasteiger partial charge in [0.1, 0.15) is 5.60 Å². The number of carbonyl (C=O) groups excluding carboxylic acids is 1. The average Bonchev–Trinajstić information content (AvgIpc) is 2.72. The molecule has 0 N–H and O–H groups in total. The second-order valence-electron chi connectivity index (χ2n) is 9.57. The second kappa shape index (κ2) is 19.3. The maximum absolute atomic E-state index is 12.3. The Labute approximate surface area is 193 Å². The van der Waals surface area contributed by atoms with Gasteiger partial charge in [-0.15, -0.1) is 0 Å².